The van der Waals surface area contributed by atoms with E-state index in [1.165, 1.54) is 6.07 Å². The van der Waals surface area contributed by atoms with Gasteiger partial charge in [0.2, 0.25) is 0 Å². The molecule has 4 heteroatoms. The average molecular weight is 206 g/mol. The lowest BCUT2D eigenvalue weighted by atomic mass is 10.2. The zero-order valence-corrected chi connectivity index (χ0v) is 8.79. The second-order valence-electron chi connectivity index (χ2n) is 3.36. The third kappa shape index (κ3) is 3.34. The molecule has 0 saturated heterocycles. The van der Waals surface area contributed by atoms with Crippen molar-refractivity contribution in [1.29, 1.82) is 0 Å². The Morgan fingerprint density at radius 1 is 1.47 bits per heavy atom. The minimum atomic E-state index is -0.337. The van der Waals surface area contributed by atoms with Gasteiger partial charge in [0.25, 0.3) is 0 Å². The van der Waals surface area contributed by atoms with Crippen molar-refractivity contribution in [2.75, 3.05) is 5.32 Å². The van der Waals surface area contributed by atoms with E-state index in [-0.39, 0.29) is 11.8 Å². The Morgan fingerprint density at radius 3 is 2.67 bits per heavy atom. The van der Waals surface area contributed by atoms with Crippen molar-refractivity contribution in [3.8, 4) is 5.75 Å². The number of anilines is 1. The Morgan fingerprint density at radius 2 is 2.13 bits per heavy atom. The summed E-state index contributed by atoms with van der Waals surface area (Å²) in [5, 5.41) is 14.3. The molecule has 0 bridgehead atoms. The first-order valence-corrected chi connectivity index (χ1v) is 4.52. The maximum Gasteiger partial charge on any atom is 0.323 e. The Kier molecular flexibility index (Phi) is 3.33. The molecule has 15 heavy (non-hydrogen) atoms. The van der Waals surface area contributed by atoms with E-state index in [4.69, 9.17) is 0 Å². The number of phenols is 1. The van der Waals surface area contributed by atoms with Crippen molar-refractivity contribution >= 4 is 11.7 Å². The van der Waals surface area contributed by atoms with Crippen LogP contribution in [0.25, 0.3) is 0 Å². The summed E-state index contributed by atoms with van der Waals surface area (Å²) in [5.41, 5.74) is 2.03. The lowest BCUT2D eigenvalue weighted by Gasteiger charge is -2.09. The smallest absolute Gasteiger partial charge is 0.323 e. The molecule has 1 aromatic rings. The van der Waals surface area contributed by atoms with Gasteiger partial charge in [0.15, 0.2) is 0 Å². The summed E-state index contributed by atoms with van der Waals surface area (Å²) in [5.74, 6) is 0.179. The number of aryl methyl sites for hydroxylation is 1. The van der Waals surface area contributed by atoms with Crippen LogP contribution in [0.4, 0.5) is 10.5 Å². The van der Waals surface area contributed by atoms with Gasteiger partial charge < -0.3 is 15.7 Å². The number of hydrogen-bond donors (Lipinski definition) is 3. The van der Waals surface area contributed by atoms with Crippen molar-refractivity contribution < 1.29 is 9.90 Å². The van der Waals surface area contributed by atoms with Crippen molar-refractivity contribution in [2.45, 2.75) is 13.8 Å². The number of allylic oxidation sites excluding steroid dienone is 1. The number of aromatic hydroxyl groups is 1. The van der Waals surface area contributed by atoms with Gasteiger partial charge >= 0.3 is 6.03 Å². The van der Waals surface area contributed by atoms with Gasteiger partial charge in [-0.25, -0.2) is 4.79 Å². The van der Waals surface area contributed by atoms with E-state index >= 15 is 0 Å². The normalized spacial score (nSPS) is 9.47. The number of phenolic OH excluding ortho intramolecular Hbond substituents is 1. The minimum Gasteiger partial charge on any atom is -0.508 e. The standard InChI is InChI=1S/C11H14N2O2/c1-7(2)12-11(15)13-10-5-4-9(14)6-8(10)3/h4-6,14H,1H2,2-3H3,(H2,12,13,15). The molecule has 0 aromatic heterocycles. The molecular weight excluding hydrogens is 192 g/mol. The largest absolute Gasteiger partial charge is 0.508 e. The lowest BCUT2D eigenvalue weighted by Crippen LogP contribution is -2.26. The van der Waals surface area contributed by atoms with Crippen molar-refractivity contribution in [1.82, 2.24) is 5.32 Å². The number of carbonyl (C=O) groups excluding carboxylic acids is 1. The van der Waals surface area contributed by atoms with E-state index in [1.807, 2.05) is 0 Å². The molecule has 1 rings (SSSR count). The Labute approximate surface area is 88.6 Å². The number of amides is 2. The molecule has 0 saturated carbocycles. The van der Waals surface area contributed by atoms with Gasteiger partial charge in [0.1, 0.15) is 5.75 Å². The number of carbonyl (C=O) groups is 1. The highest BCUT2D eigenvalue weighted by atomic mass is 16.3. The molecule has 0 spiro atoms. The number of hydrogen-bond acceptors (Lipinski definition) is 2. The number of nitrogens with one attached hydrogen (secondary N) is 2. The molecule has 0 aliphatic rings. The van der Waals surface area contributed by atoms with Crippen LogP contribution in [-0.4, -0.2) is 11.1 Å². The molecule has 3 N–H and O–H groups in total. The van der Waals surface area contributed by atoms with E-state index in [0.29, 0.717) is 11.4 Å². The molecular formula is C11H14N2O2. The maximum absolute atomic E-state index is 11.3. The first kappa shape index (κ1) is 11.1. The van der Waals surface area contributed by atoms with E-state index in [9.17, 15) is 9.90 Å². The van der Waals surface area contributed by atoms with Crippen molar-refractivity contribution in [3.63, 3.8) is 0 Å². The molecule has 80 valence electrons. The number of benzene rings is 1. The highest BCUT2D eigenvalue weighted by molar-refractivity contribution is 5.91. The van der Waals surface area contributed by atoms with Gasteiger partial charge in [-0.15, -0.1) is 0 Å². The zero-order chi connectivity index (χ0) is 11.4. The average Bonchev–Trinajstić information content (AvgIpc) is 2.08. The SMILES string of the molecule is C=C(C)NC(=O)Nc1ccc(O)cc1C. The van der Waals surface area contributed by atoms with Gasteiger partial charge in [-0.05, 0) is 37.6 Å². The van der Waals surface area contributed by atoms with Crippen LogP contribution in [0, 0.1) is 6.92 Å². The van der Waals surface area contributed by atoms with Gasteiger partial charge in [0, 0.05) is 11.4 Å². The first-order chi connectivity index (χ1) is 6.99. The van der Waals surface area contributed by atoms with Gasteiger partial charge in [-0.1, -0.05) is 6.58 Å². The first-order valence-electron chi connectivity index (χ1n) is 4.52. The van der Waals surface area contributed by atoms with Crippen molar-refractivity contribution in [3.05, 3.63) is 36.0 Å². The monoisotopic (exact) mass is 206 g/mol. The summed E-state index contributed by atoms with van der Waals surface area (Å²) in [4.78, 5) is 11.3. The molecule has 0 aliphatic carbocycles. The summed E-state index contributed by atoms with van der Waals surface area (Å²) in [6.07, 6.45) is 0. The zero-order valence-electron chi connectivity index (χ0n) is 8.79. The van der Waals surface area contributed by atoms with E-state index in [2.05, 4.69) is 17.2 Å². The van der Waals surface area contributed by atoms with Crippen LogP contribution in [0.3, 0.4) is 0 Å². The third-order valence-electron chi connectivity index (χ3n) is 1.79. The third-order valence-corrected chi connectivity index (χ3v) is 1.79. The number of rotatable bonds is 2. The minimum absolute atomic E-state index is 0.179. The fourth-order valence-corrected chi connectivity index (χ4v) is 1.14. The lowest BCUT2D eigenvalue weighted by molar-refractivity contribution is 0.254. The second kappa shape index (κ2) is 4.50. The predicted octanol–water partition coefficient (Wildman–Crippen LogP) is 2.36. The molecule has 0 fully saturated rings. The van der Waals surface area contributed by atoms with Crippen LogP contribution >= 0.6 is 0 Å². The van der Waals surface area contributed by atoms with E-state index < -0.39 is 0 Å². The van der Waals surface area contributed by atoms with Crippen LogP contribution < -0.4 is 10.6 Å². The summed E-state index contributed by atoms with van der Waals surface area (Å²) >= 11 is 0. The van der Waals surface area contributed by atoms with Gasteiger partial charge in [-0.2, -0.15) is 0 Å². The van der Waals surface area contributed by atoms with Crippen LogP contribution in [0.15, 0.2) is 30.5 Å². The quantitative estimate of drug-likeness (QED) is 0.650. The predicted molar refractivity (Wildman–Crippen MR) is 59.8 cm³/mol. The van der Waals surface area contributed by atoms with E-state index in [1.54, 1.807) is 26.0 Å². The molecule has 0 heterocycles. The van der Waals surface area contributed by atoms with Crippen LogP contribution in [-0.2, 0) is 0 Å². The Hall–Kier alpha value is -1.97. The Balaban J connectivity index is 2.72. The topological polar surface area (TPSA) is 61.4 Å². The highest BCUT2D eigenvalue weighted by Gasteiger charge is 2.04. The molecule has 4 nitrogen and oxygen atoms in total. The molecule has 2 amide bonds. The Bertz CT molecular complexity index is 400. The fourth-order valence-electron chi connectivity index (χ4n) is 1.14. The van der Waals surface area contributed by atoms with E-state index in [0.717, 1.165) is 5.56 Å². The van der Waals surface area contributed by atoms with Gasteiger partial charge in [0.05, 0.1) is 0 Å². The highest BCUT2D eigenvalue weighted by Crippen LogP contribution is 2.19. The van der Waals surface area contributed by atoms with Crippen LogP contribution in [0.2, 0.25) is 0 Å². The molecule has 1 aromatic carbocycles. The van der Waals surface area contributed by atoms with Crippen molar-refractivity contribution in [2.24, 2.45) is 0 Å². The van der Waals surface area contributed by atoms with Gasteiger partial charge in [-0.3, -0.25) is 0 Å². The number of urea groups is 1. The molecule has 0 unspecified atom stereocenters. The summed E-state index contributed by atoms with van der Waals surface area (Å²) < 4.78 is 0. The summed E-state index contributed by atoms with van der Waals surface area (Å²) in [7, 11) is 0. The van der Waals surface area contributed by atoms with Crippen LogP contribution in [0.1, 0.15) is 12.5 Å². The second-order valence-corrected chi connectivity index (χ2v) is 3.36. The molecule has 0 radical (unpaired) electrons. The maximum atomic E-state index is 11.3. The molecule has 0 atom stereocenters. The summed E-state index contributed by atoms with van der Waals surface area (Å²) in [6, 6.07) is 4.40. The summed E-state index contributed by atoms with van der Waals surface area (Å²) in [6.45, 7) is 7.06. The fraction of sp³-hybridized carbons (Fsp3) is 0.182. The molecule has 0 aliphatic heterocycles. The van der Waals surface area contributed by atoms with Crippen LogP contribution in [0.5, 0.6) is 5.75 Å².